The molecule has 2 aromatic heterocycles. The predicted molar refractivity (Wildman–Crippen MR) is 92.6 cm³/mol. The first-order valence-electron chi connectivity index (χ1n) is 8.73. The minimum absolute atomic E-state index is 0.0800. The Morgan fingerprint density at radius 1 is 1.00 bits per heavy atom. The minimum Gasteiger partial charge on any atom is -0.356 e. The molecule has 4 nitrogen and oxygen atoms in total. The number of hydrogen-bond acceptors (Lipinski definition) is 4. The zero-order valence-corrected chi connectivity index (χ0v) is 14.1. The van der Waals surface area contributed by atoms with Gasteiger partial charge in [0, 0.05) is 57.7 Å². The van der Waals surface area contributed by atoms with E-state index in [2.05, 4.69) is 14.9 Å². The summed E-state index contributed by atoms with van der Waals surface area (Å²) in [6.45, 7) is 2.51. The molecule has 0 aromatic carbocycles. The molecule has 2 fully saturated rings. The standard InChI is InChI=1S/C19H22F2N4/c20-19(21)7-10-24(13-16-4-3-8-22-12-16)14-18(19)6-11-25(15-18)17-5-1-2-9-23-17/h1-5,8-9,12H,6-7,10-11,13-15H2/t18-/m0/s1. The molecule has 0 bridgehead atoms. The van der Waals surface area contributed by atoms with Crippen LogP contribution in [0.25, 0.3) is 0 Å². The lowest BCUT2D eigenvalue weighted by molar-refractivity contribution is -0.158. The second-order valence-corrected chi connectivity index (χ2v) is 7.17. The highest BCUT2D eigenvalue weighted by Crippen LogP contribution is 2.50. The van der Waals surface area contributed by atoms with Crippen molar-refractivity contribution in [1.29, 1.82) is 0 Å². The third-order valence-corrected chi connectivity index (χ3v) is 5.50. The van der Waals surface area contributed by atoms with E-state index < -0.39 is 11.3 Å². The zero-order chi connectivity index (χ0) is 17.3. The summed E-state index contributed by atoms with van der Waals surface area (Å²) in [6.07, 6.45) is 5.68. The maximum absolute atomic E-state index is 14.9. The summed E-state index contributed by atoms with van der Waals surface area (Å²) < 4.78 is 29.8. The van der Waals surface area contributed by atoms with Crippen molar-refractivity contribution in [2.45, 2.75) is 25.3 Å². The maximum atomic E-state index is 14.9. The van der Waals surface area contributed by atoms with Crippen LogP contribution in [0.15, 0.2) is 48.9 Å². The molecule has 4 rings (SSSR count). The summed E-state index contributed by atoms with van der Waals surface area (Å²) in [5, 5.41) is 0. The van der Waals surface area contributed by atoms with Gasteiger partial charge in [-0.05, 0) is 30.2 Å². The zero-order valence-electron chi connectivity index (χ0n) is 14.1. The molecule has 2 saturated heterocycles. The van der Waals surface area contributed by atoms with Crippen molar-refractivity contribution in [3.63, 3.8) is 0 Å². The lowest BCUT2D eigenvalue weighted by Gasteiger charge is -2.46. The number of alkyl halides is 2. The van der Waals surface area contributed by atoms with Gasteiger partial charge in [0.05, 0.1) is 5.41 Å². The van der Waals surface area contributed by atoms with Crippen molar-refractivity contribution < 1.29 is 8.78 Å². The van der Waals surface area contributed by atoms with Crippen LogP contribution in [-0.4, -0.2) is 47.0 Å². The number of aromatic nitrogens is 2. The second kappa shape index (κ2) is 6.33. The summed E-state index contributed by atoms with van der Waals surface area (Å²) in [7, 11) is 0. The molecule has 4 heterocycles. The van der Waals surface area contributed by atoms with Gasteiger partial charge in [-0.2, -0.15) is 0 Å². The average Bonchev–Trinajstić information content (AvgIpc) is 3.06. The minimum atomic E-state index is -2.64. The molecule has 2 aliphatic rings. The number of pyridine rings is 2. The second-order valence-electron chi connectivity index (χ2n) is 7.17. The van der Waals surface area contributed by atoms with Gasteiger partial charge in [-0.3, -0.25) is 9.88 Å². The molecule has 0 N–H and O–H groups in total. The van der Waals surface area contributed by atoms with Crippen LogP contribution in [0.2, 0.25) is 0 Å². The van der Waals surface area contributed by atoms with E-state index in [1.807, 2.05) is 41.4 Å². The van der Waals surface area contributed by atoms with Crippen molar-refractivity contribution in [3.8, 4) is 0 Å². The van der Waals surface area contributed by atoms with Gasteiger partial charge < -0.3 is 4.90 Å². The Labute approximate surface area is 146 Å². The van der Waals surface area contributed by atoms with Crippen molar-refractivity contribution in [2.24, 2.45) is 5.41 Å². The van der Waals surface area contributed by atoms with Crippen LogP contribution in [0, 0.1) is 5.41 Å². The van der Waals surface area contributed by atoms with E-state index in [1.54, 1.807) is 12.4 Å². The number of likely N-dealkylation sites (tertiary alicyclic amines) is 1. The summed E-state index contributed by atoms with van der Waals surface area (Å²) in [5.74, 6) is -1.85. The van der Waals surface area contributed by atoms with Crippen molar-refractivity contribution in [1.82, 2.24) is 14.9 Å². The Balaban J connectivity index is 1.52. The Kier molecular flexibility index (Phi) is 4.15. The summed E-state index contributed by atoms with van der Waals surface area (Å²) in [5.41, 5.74) is 0.0766. The molecule has 2 aliphatic heterocycles. The third kappa shape index (κ3) is 3.11. The number of hydrogen-bond donors (Lipinski definition) is 0. The van der Waals surface area contributed by atoms with Crippen LogP contribution in [0.5, 0.6) is 0 Å². The van der Waals surface area contributed by atoms with Crippen LogP contribution in [0.1, 0.15) is 18.4 Å². The Bertz CT molecular complexity index is 710. The van der Waals surface area contributed by atoms with Gasteiger partial charge in [0.25, 0.3) is 5.92 Å². The van der Waals surface area contributed by atoms with Gasteiger partial charge in [-0.25, -0.2) is 13.8 Å². The number of nitrogens with zero attached hydrogens (tertiary/aromatic N) is 4. The first kappa shape index (κ1) is 16.4. The van der Waals surface area contributed by atoms with Gasteiger partial charge in [0.1, 0.15) is 5.82 Å². The maximum Gasteiger partial charge on any atom is 0.257 e. The molecular weight excluding hydrogens is 322 g/mol. The summed E-state index contributed by atoms with van der Waals surface area (Å²) >= 11 is 0. The highest BCUT2D eigenvalue weighted by molar-refractivity contribution is 5.40. The molecule has 1 spiro atoms. The van der Waals surface area contributed by atoms with Gasteiger partial charge in [-0.15, -0.1) is 0 Å². The largest absolute Gasteiger partial charge is 0.356 e. The lowest BCUT2D eigenvalue weighted by Crippen LogP contribution is -2.56. The van der Waals surface area contributed by atoms with E-state index in [4.69, 9.17) is 0 Å². The molecular formula is C19H22F2N4. The Morgan fingerprint density at radius 3 is 2.68 bits per heavy atom. The monoisotopic (exact) mass is 344 g/mol. The third-order valence-electron chi connectivity index (χ3n) is 5.50. The van der Waals surface area contributed by atoms with Crippen LogP contribution < -0.4 is 4.90 Å². The molecule has 0 unspecified atom stereocenters. The van der Waals surface area contributed by atoms with E-state index in [-0.39, 0.29) is 6.42 Å². The predicted octanol–water partition coefficient (Wildman–Crippen LogP) is 3.21. The van der Waals surface area contributed by atoms with E-state index >= 15 is 0 Å². The van der Waals surface area contributed by atoms with Gasteiger partial charge in [-0.1, -0.05) is 12.1 Å². The van der Waals surface area contributed by atoms with E-state index in [1.165, 1.54) is 0 Å². The highest BCUT2D eigenvalue weighted by atomic mass is 19.3. The van der Waals surface area contributed by atoms with Crippen molar-refractivity contribution in [2.75, 3.05) is 31.1 Å². The number of anilines is 1. The Morgan fingerprint density at radius 2 is 1.92 bits per heavy atom. The molecule has 132 valence electrons. The lowest BCUT2D eigenvalue weighted by atomic mass is 9.75. The van der Waals surface area contributed by atoms with Crippen molar-refractivity contribution >= 4 is 5.82 Å². The first-order valence-corrected chi connectivity index (χ1v) is 8.73. The molecule has 0 radical (unpaired) electrons. The number of piperidine rings is 1. The van der Waals surface area contributed by atoms with Crippen LogP contribution in [0.4, 0.5) is 14.6 Å². The molecule has 25 heavy (non-hydrogen) atoms. The number of rotatable bonds is 3. The molecule has 1 atom stereocenters. The van der Waals surface area contributed by atoms with Crippen LogP contribution in [-0.2, 0) is 6.54 Å². The molecule has 0 saturated carbocycles. The van der Waals surface area contributed by atoms with Gasteiger partial charge in [0.2, 0.25) is 0 Å². The molecule has 2 aromatic rings. The first-order chi connectivity index (χ1) is 12.1. The smallest absolute Gasteiger partial charge is 0.257 e. The quantitative estimate of drug-likeness (QED) is 0.856. The van der Waals surface area contributed by atoms with E-state index in [0.29, 0.717) is 39.1 Å². The molecule has 0 aliphatic carbocycles. The van der Waals surface area contributed by atoms with Crippen LogP contribution in [0.3, 0.4) is 0 Å². The van der Waals surface area contributed by atoms with E-state index in [9.17, 15) is 8.78 Å². The van der Waals surface area contributed by atoms with E-state index in [0.717, 1.165) is 11.4 Å². The average molecular weight is 344 g/mol. The summed E-state index contributed by atoms with van der Waals surface area (Å²) in [6, 6.07) is 9.54. The number of halogens is 2. The van der Waals surface area contributed by atoms with Crippen LogP contribution >= 0.6 is 0 Å². The van der Waals surface area contributed by atoms with Gasteiger partial charge in [0.15, 0.2) is 0 Å². The normalized spacial score (nSPS) is 26.2. The fourth-order valence-electron chi connectivity index (χ4n) is 4.11. The van der Waals surface area contributed by atoms with Gasteiger partial charge >= 0.3 is 0 Å². The SMILES string of the molecule is FC1(F)CCN(Cc2cccnc2)C[C@]12CCN(c1ccccn1)C2. The fourth-order valence-corrected chi connectivity index (χ4v) is 4.11. The Hall–Kier alpha value is -2.08. The fraction of sp³-hybridized carbons (Fsp3) is 0.474. The van der Waals surface area contributed by atoms with Crippen molar-refractivity contribution in [3.05, 3.63) is 54.5 Å². The molecule has 0 amide bonds. The summed E-state index contributed by atoms with van der Waals surface area (Å²) in [4.78, 5) is 12.6. The topological polar surface area (TPSA) is 32.3 Å². The molecule has 6 heteroatoms. The highest BCUT2D eigenvalue weighted by Gasteiger charge is 2.59.